The van der Waals surface area contributed by atoms with Crippen molar-refractivity contribution in [3.8, 4) is 17.3 Å². The second kappa shape index (κ2) is 10.9. The number of hydrogen-bond donors (Lipinski definition) is 1. The van der Waals surface area contributed by atoms with Crippen molar-refractivity contribution in [2.75, 3.05) is 31.2 Å². The molecule has 0 unspecified atom stereocenters. The lowest BCUT2D eigenvalue weighted by molar-refractivity contribution is -0.143. The molecule has 0 radical (unpaired) electrons. The number of nitrogens with zero attached hydrogens (tertiary/aromatic N) is 4. The van der Waals surface area contributed by atoms with Gasteiger partial charge in [0, 0.05) is 53.8 Å². The Morgan fingerprint density at radius 2 is 1.92 bits per heavy atom. The molecule has 6 rings (SSSR count). The van der Waals surface area contributed by atoms with Gasteiger partial charge < -0.3 is 19.7 Å². The number of pyridine rings is 1. The largest absolute Gasteiger partial charge is 0.466 e. The lowest BCUT2D eigenvalue weighted by atomic mass is 10.0. The van der Waals surface area contributed by atoms with E-state index in [9.17, 15) is 4.79 Å². The molecule has 10 heteroatoms. The van der Waals surface area contributed by atoms with E-state index in [0.29, 0.717) is 46.9 Å². The van der Waals surface area contributed by atoms with Crippen LogP contribution in [0.2, 0.25) is 5.02 Å². The van der Waals surface area contributed by atoms with Gasteiger partial charge in [0.15, 0.2) is 5.82 Å². The number of carbonyl (C=O) groups excluding carboxylic acids is 1. The standard InChI is InChI=1S/C29H29ClFN5O3/c1-2-38-23(37)10-5-13-39-29-34-27-21(28(35-29)36-15-18-11-12-19(16-36)33-18)14-32-26(25(27)31)20-8-3-6-17-7-4-9-22(30)24(17)20/h3-4,6-9,14,18-19,33H,2,5,10-13,15-16H2,1H3/t18-,19+. The number of ether oxygens (including phenoxy) is 2. The Morgan fingerprint density at radius 1 is 1.15 bits per heavy atom. The van der Waals surface area contributed by atoms with Gasteiger partial charge in [-0.1, -0.05) is 41.9 Å². The van der Waals surface area contributed by atoms with Gasteiger partial charge in [-0.15, -0.1) is 0 Å². The van der Waals surface area contributed by atoms with Crippen molar-refractivity contribution in [2.45, 2.75) is 44.7 Å². The number of anilines is 1. The van der Waals surface area contributed by atoms with Crippen LogP contribution in [0.5, 0.6) is 6.01 Å². The lowest BCUT2D eigenvalue weighted by Crippen LogP contribution is -2.51. The van der Waals surface area contributed by atoms with Crippen molar-refractivity contribution in [2.24, 2.45) is 0 Å². The van der Waals surface area contributed by atoms with Crippen LogP contribution in [-0.4, -0.2) is 59.3 Å². The number of fused-ring (bicyclic) bond motifs is 4. The first-order valence-corrected chi connectivity index (χ1v) is 13.7. The highest BCUT2D eigenvalue weighted by Gasteiger charge is 2.34. The molecule has 2 aliphatic rings. The molecule has 2 saturated heterocycles. The minimum atomic E-state index is -0.557. The number of benzene rings is 2. The third-order valence-electron chi connectivity index (χ3n) is 7.33. The Balaban J connectivity index is 1.41. The number of esters is 1. The van der Waals surface area contributed by atoms with E-state index in [2.05, 4.69) is 20.2 Å². The molecule has 0 amide bonds. The molecule has 39 heavy (non-hydrogen) atoms. The minimum absolute atomic E-state index is 0.0687. The second-order valence-corrected chi connectivity index (χ2v) is 10.4. The summed E-state index contributed by atoms with van der Waals surface area (Å²) < 4.78 is 27.2. The summed E-state index contributed by atoms with van der Waals surface area (Å²) in [6.45, 7) is 3.82. The maximum atomic E-state index is 16.3. The van der Waals surface area contributed by atoms with Gasteiger partial charge in [0.1, 0.15) is 17.0 Å². The van der Waals surface area contributed by atoms with Gasteiger partial charge in [-0.05, 0) is 37.6 Å². The van der Waals surface area contributed by atoms with Crippen molar-refractivity contribution in [1.82, 2.24) is 20.3 Å². The van der Waals surface area contributed by atoms with Crippen LogP contribution in [0.4, 0.5) is 10.2 Å². The topological polar surface area (TPSA) is 89.5 Å². The monoisotopic (exact) mass is 549 g/mol. The summed E-state index contributed by atoms with van der Waals surface area (Å²) in [5.41, 5.74) is 0.898. The molecular formula is C29H29ClFN5O3. The van der Waals surface area contributed by atoms with Gasteiger partial charge in [0.25, 0.3) is 0 Å². The quantitative estimate of drug-likeness (QED) is 0.234. The van der Waals surface area contributed by atoms with E-state index in [0.717, 1.165) is 36.7 Å². The van der Waals surface area contributed by atoms with E-state index in [4.69, 9.17) is 26.1 Å². The zero-order chi connectivity index (χ0) is 26.9. The molecule has 0 spiro atoms. The Morgan fingerprint density at radius 3 is 2.69 bits per heavy atom. The number of hydrogen-bond acceptors (Lipinski definition) is 8. The molecule has 2 bridgehead atoms. The maximum Gasteiger partial charge on any atom is 0.319 e. The van der Waals surface area contributed by atoms with Crippen LogP contribution in [0.1, 0.15) is 32.6 Å². The number of rotatable bonds is 8. The van der Waals surface area contributed by atoms with Gasteiger partial charge in [0.05, 0.1) is 18.6 Å². The molecular weight excluding hydrogens is 521 g/mol. The maximum absolute atomic E-state index is 16.3. The Labute approximate surface area is 230 Å². The molecule has 202 valence electrons. The summed E-state index contributed by atoms with van der Waals surface area (Å²) >= 11 is 6.54. The first-order valence-electron chi connectivity index (χ1n) is 13.3. The number of carbonyl (C=O) groups is 1. The predicted molar refractivity (Wildman–Crippen MR) is 149 cm³/mol. The van der Waals surface area contributed by atoms with Gasteiger partial charge in [-0.2, -0.15) is 9.97 Å². The fourth-order valence-electron chi connectivity index (χ4n) is 5.59. The normalized spacial score (nSPS) is 18.6. The summed E-state index contributed by atoms with van der Waals surface area (Å²) in [5, 5.41) is 6.30. The van der Waals surface area contributed by atoms with E-state index in [1.165, 1.54) is 0 Å². The van der Waals surface area contributed by atoms with E-state index in [-0.39, 0.29) is 36.2 Å². The van der Waals surface area contributed by atoms with E-state index < -0.39 is 5.82 Å². The second-order valence-electron chi connectivity index (χ2n) is 9.96. The smallest absolute Gasteiger partial charge is 0.319 e. The summed E-state index contributed by atoms with van der Waals surface area (Å²) in [4.78, 5) is 27.6. The van der Waals surface area contributed by atoms with E-state index in [1.807, 2.05) is 30.3 Å². The highest BCUT2D eigenvalue weighted by molar-refractivity contribution is 6.36. The first kappa shape index (κ1) is 25.7. The fraction of sp³-hybridized carbons (Fsp3) is 0.379. The number of nitrogens with one attached hydrogen (secondary N) is 1. The van der Waals surface area contributed by atoms with Crippen LogP contribution in [0, 0.1) is 5.82 Å². The molecule has 2 aromatic carbocycles. The lowest BCUT2D eigenvalue weighted by Gasteiger charge is -2.34. The molecule has 8 nitrogen and oxygen atoms in total. The summed E-state index contributed by atoms with van der Waals surface area (Å²) in [6, 6.07) is 12.0. The van der Waals surface area contributed by atoms with Crippen molar-refractivity contribution < 1.29 is 18.7 Å². The fourth-order valence-corrected chi connectivity index (χ4v) is 5.87. The van der Waals surface area contributed by atoms with Crippen LogP contribution < -0.4 is 15.0 Å². The van der Waals surface area contributed by atoms with Crippen LogP contribution >= 0.6 is 11.6 Å². The van der Waals surface area contributed by atoms with Crippen LogP contribution in [0.25, 0.3) is 32.9 Å². The van der Waals surface area contributed by atoms with Gasteiger partial charge in [-0.25, -0.2) is 4.39 Å². The Hall–Kier alpha value is -3.56. The number of aromatic nitrogens is 3. The van der Waals surface area contributed by atoms with Gasteiger partial charge in [0.2, 0.25) is 0 Å². The van der Waals surface area contributed by atoms with Gasteiger partial charge >= 0.3 is 12.0 Å². The number of piperazine rings is 1. The average molecular weight is 550 g/mol. The van der Waals surface area contributed by atoms with E-state index in [1.54, 1.807) is 19.2 Å². The molecule has 2 atom stereocenters. The van der Waals surface area contributed by atoms with Crippen LogP contribution in [-0.2, 0) is 9.53 Å². The molecule has 0 saturated carbocycles. The first-order chi connectivity index (χ1) is 19.0. The molecule has 1 N–H and O–H groups in total. The van der Waals surface area contributed by atoms with Crippen molar-refractivity contribution in [3.63, 3.8) is 0 Å². The van der Waals surface area contributed by atoms with Gasteiger partial charge in [-0.3, -0.25) is 9.78 Å². The summed E-state index contributed by atoms with van der Waals surface area (Å²) in [6.07, 6.45) is 4.50. The van der Waals surface area contributed by atoms with Crippen LogP contribution in [0.3, 0.4) is 0 Å². The Bertz CT molecular complexity index is 1530. The number of halogens is 2. The SMILES string of the molecule is CCOC(=O)CCCOc1nc(N2C[C@H]3CC[C@@H](C2)N3)c2cnc(-c3cccc4cccc(Cl)c34)c(F)c2n1. The molecule has 4 aromatic rings. The molecule has 2 aromatic heterocycles. The predicted octanol–water partition coefficient (Wildman–Crippen LogP) is 5.30. The highest BCUT2D eigenvalue weighted by Crippen LogP contribution is 2.38. The Kier molecular flexibility index (Phi) is 7.18. The van der Waals surface area contributed by atoms with Crippen molar-refractivity contribution in [1.29, 1.82) is 0 Å². The van der Waals surface area contributed by atoms with E-state index >= 15 is 4.39 Å². The summed E-state index contributed by atoms with van der Waals surface area (Å²) in [5.74, 6) is -0.237. The minimum Gasteiger partial charge on any atom is -0.466 e. The molecule has 0 aliphatic carbocycles. The van der Waals surface area contributed by atoms with Crippen molar-refractivity contribution in [3.05, 3.63) is 53.4 Å². The third kappa shape index (κ3) is 5.08. The molecule has 4 heterocycles. The molecule has 2 fully saturated rings. The summed E-state index contributed by atoms with van der Waals surface area (Å²) in [7, 11) is 0. The average Bonchev–Trinajstić information content (AvgIpc) is 3.28. The van der Waals surface area contributed by atoms with Crippen molar-refractivity contribution >= 4 is 45.1 Å². The highest BCUT2D eigenvalue weighted by atomic mass is 35.5. The zero-order valence-electron chi connectivity index (χ0n) is 21.6. The molecule has 2 aliphatic heterocycles. The zero-order valence-corrected chi connectivity index (χ0v) is 22.4. The third-order valence-corrected chi connectivity index (χ3v) is 7.65. The van der Waals surface area contributed by atoms with Crippen LogP contribution in [0.15, 0.2) is 42.6 Å².